The zero-order chi connectivity index (χ0) is 33.9. The first-order valence-electron chi connectivity index (χ1n) is 17.7. The molecule has 6 heteroatoms. The van der Waals surface area contributed by atoms with Crippen molar-refractivity contribution in [3.8, 4) is 0 Å². The van der Waals surface area contributed by atoms with Crippen LogP contribution in [0.3, 0.4) is 0 Å². The molecule has 0 spiro atoms. The maximum Gasteiger partial charge on any atom is 0.220 e. The molecule has 0 aliphatic carbocycles. The molecular formula is C44H40N2O2S2. The van der Waals surface area contributed by atoms with Crippen LogP contribution in [0.15, 0.2) is 109 Å². The average Bonchev–Trinajstić information content (AvgIpc) is 3.15. The average molecular weight is 693 g/mol. The van der Waals surface area contributed by atoms with Crippen LogP contribution < -0.4 is 10.6 Å². The van der Waals surface area contributed by atoms with E-state index in [9.17, 15) is 9.59 Å². The van der Waals surface area contributed by atoms with E-state index in [4.69, 9.17) is 0 Å². The van der Waals surface area contributed by atoms with Crippen molar-refractivity contribution in [2.75, 3.05) is 24.6 Å². The van der Waals surface area contributed by atoms with Gasteiger partial charge in [-0.1, -0.05) is 131 Å². The third-order valence-electron chi connectivity index (χ3n) is 10.0. The van der Waals surface area contributed by atoms with Crippen molar-refractivity contribution in [1.29, 1.82) is 0 Å². The van der Waals surface area contributed by atoms with Crippen LogP contribution in [-0.4, -0.2) is 36.4 Å². The fourth-order valence-electron chi connectivity index (χ4n) is 7.67. The zero-order valence-electron chi connectivity index (χ0n) is 28.1. The largest absolute Gasteiger partial charge is 0.355 e. The number of nitrogens with one attached hydrogen (secondary N) is 2. The van der Waals surface area contributed by atoms with Crippen molar-refractivity contribution in [3.05, 3.63) is 120 Å². The molecule has 2 amide bonds. The minimum atomic E-state index is 0.114. The molecule has 0 aliphatic heterocycles. The number of amides is 2. The number of hydrogen-bond donors (Lipinski definition) is 2. The smallest absolute Gasteiger partial charge is 0.220 e. The predicted molar refractivity (Wildman–Crippen MR) is 217 cm³/mol. The molecule has 0 fully saturated rings. The molecule has 0 heterocycles. The van der Waals surface area contributed by atoms with Crippen molar-refractivity contribution in [2.45, 2.75) is 38.5 Å². The lowest BCUT2D eigenvalue weighted by molar-refractivity contribution is -0.121. The Morgan fingerprint density at radius 3 is 1.22 bits per heavy atom. The highest BCUT2D eigenvalue weighted by atomic mass is 33.1. The van der Waals surface area contributed by atoms with Crippen LogP contribution in [0.4, 0.5) is 0 Å². The van der Waals surface area contributed by atoms with E-state index in [1.165, 1.54) is 75.8 Å². The second-order valence-corrected chi connectivity index (χ2v) is 15.9. The van der Waals surface area contributed by atoms with Gasteiger partial charge in [0.25, 0.3) is 0 Å². The van der Waals surface area contributed by atoms with Crippen LogP contribution in [0.2, 0.25) is 0 Å². The number of hydrogen-bond acceptors (Lipinski definition) is 4. The van der Waals surface area contributed by atoms with Gasteiger partial charge in [-0.25, -0.2) is 0 Å². The van der Waals surface area contributed by atoms with E-state index in [1.54, 1.807) is 21.6 Å². The summed E-state index contributed by atoms with van der Waals surface area (Å²) in [4.78, 5) is 25.1. The maximum atomic E-state index is 12.5. The number of aryl methyl sites for hydroxylation is 2. The first-order valence-corrected chi connectivity index (χ1v) is 20.2. The second-order valence-electron chi connectivity index (χ2n) is 13.2. The lowest BCUT2D eigenvalue weighted by atomic mass is 9.90. The van der Waals surface area contributed by atoms with Gasteiger partial charge in [-0.05, 0) is 101 Å². The molecule has 0 bridgehead atoms. The standard InChI is InChI=1S/C44H40N2O2S2/c47-39(11-3-5-29-13-15-35-19-17-31-7-1-9-33-21-23-37(29)43(35)41(31)33)45-25-27-49-50-28-26-46-40(48)12-4-6-30-14-16-36-20-18-32-8-2-10-34-22-24-38(30)44(36)42(32)34/h1-2,7-10,13-24H,3-6,11-12,25-28H2,(H,45,47)(H,46,48). The molecule has 8 rings (SSSR count). The van der Waals surface area contributed by atoms with Gasteiger partial charge < -0.3 is 10.6 Å². The topological polar surface area (TPSA) is 58.2 Å². The Labute approximate surface area is 300 Å². The Kier molecular flexibility index (Phi) is 9.64. The fourth-order valence-corrected chi connectivity index (χ4v) is 9.48. The summed E-state index contributed by atoms with van der Waals surface area (Å²) in [6, 6.07) is 39.7. The molecule has 0 saturated heterocycles. The Bertz CT molecular complexity index is 2250. The van der Waals surface area contributed by atoms with Crippen LogP contribution in [0.5, 0.6) is 0 Å². The molecule has 0 radical (unpaired) electrons. The van der Waals surface area contributed by atoms with Crippen LogP contribution in [0, 0.1) is 0 Å². The predicted octanol–water partition coefficient (Wildman–Crippen LogP) is 10.4. The van der Waals surface area contributed by atoms with Gasteiger partial charge in [0.2, 0.25) is 11.8 Å². The highest BCUT2D eigenvalue weighted by molar-refractivity contribution is 8.76. The minimum absolute atomic E-state index is 0.114. The van der Waals surface area contributed by atoms with Crippen molar-refractivity contribution in [1.82, 2.24) is 10.6 Å². The van der Waals surface area contributed by atoms with Gasteiger partial charge in [0, 0.05) is 37.4 Å². The van der Waals surface area contributed by atoms with Gasteiger partial charge in [0.15, 0.2) is 0 Å². The zero-order valence-corrected chi connectivity index (χ0v) is 29.7. The van der Waals surface area contributed by atoms with E-state index in [-0.39, 0.29) is 11.8 Å². The van der Waals surface area contributed by atoms with Gasteiger partial charge in [-0.15, -0.1) is 0 Å². The normalized spacial score (nSPS) is 11.9. The maximum absolute atomic E-state index is 12.5. The summed E-state index contributed by atoms with van der Waals surface area (Å²) in [5.74, 6) is 1.92. The van der Waals surface area contributed by atoms with E-state index in [0.29, 0.717) is 25.9 Å². The van der Waals surface area contributed by atoms with E-state index < -0.39 is 0 Å². The van der Waals surface area contributed by atoms with Gasteiger partial charge >= 0.3 is 0 Å². The van der Waals surface area contributed by atoms with Crippen molar-refractivity contribution >= 4 is 98.0 Å². The van der Waals surface area contributed by atoms with Crippen molar-refractivity contribution in [3.63, 3.8) is 0 Å². The van der Waals surface area contributed by atoms with Crippen LogP contribution in [0.1, 0.15) is 36.8 Å². The van der Waals surface area contributed by atoms with Gasteiger partial charge in [0.1, 0.15) is 0 Å². The summed E-state index contributed by atoms with van der Waals surface area (Å²) in [5, 5.41) is 21.8. The fraction of sp³-hybridized carbons (Fsp3) is 0.227. The Balaban J connectivity index is 0.707. The van der Waals surface area contributed by atoms with E-state index >= 15 is 0 Å². The van der Waals surface area contributed by atoms with E-state index in [2.05, 4.69) is 120 Å². The summed E-state index contributed by atoms with van der Waals surface area (Å²) in [7, 11) is 3.48. The Hall–Kier alpha value is -4.52. The number of rotatable bonds is 15. The molecule has 8 aromatic rings. The van der Waals surface area contributed by atoms with Gasteiger partial charge in [-0.3, -0.25) is 9.59 Å². The summed E-state index contributed by atoms with van der Waals surface area (Å²) in [6.07, 6.45) is 4.49. The molecule has 0 unspecified atom stereocenters. The SMILES string of the molecule is O=C(CCCc1ccc2ccc3cccc4ccc1c2c34)NCCSSCCNC(=O)CCCc1ccc2ccc3cccc4ccc1c2c34. The third kappa shape index (κ3) is 6.67. The second kappa shape index (κ2) is 14.8. The van der Waals surface area contributed by atoms with Gasteiger partial charge in [0.05, 0.1) is 0 Å². The third-order valence-corrected chi connectivity index (χ3v) is 12.4. The van der Waals surface area contributed by atoms with Crippen molar-refractivity contribution in [2.24, 2.45) is 0 Å². The molecule has 4 nitrogen and oxygen atoms in total. The lowest BCUT2D eigenvalue weighted by Gasteiger charge is -2.14. The summed E-state index contributed by atoms with van der Waals surface area (Å²) in [5.41, 5.74) is 2.62. The quantitative estimate of drug-likeness (QED) is 0.0638. The number of carbonyl (C=O) groups is 2. The highest BCUT2D eigenvalue weighted by Gasteiger charge is 2.13. The Morgan fingerprint density at radius 1 is 0.440 bits per heavy atom. The van der Waals surface area contributed by atoms with E-state index in [1.807, 2.05) is 0 Å². The molecule has 0 aliphatic rings. The van der Waals surface area contributed by atoms with Crippen molar-refractivity contribution < 1.29 is 9.59 Å². The van der Waals surface area contributed by atoms with Crippen LogP contribution in [0.25, 0.3) is 64.6 Å². The minimum Gasteiger partial charge on any atom is -0.355 e. The van der Waals surface area contributed by atoms with Crippen LogP contribution >= 0.6 is 21.6 Å². The molecule has 0 saturated carbocycles. The number of benzene rings is 8. The summed E-state index contributed by atoms with van der Waals surface area (Å²) >= 11 is 0. The summed E-state index contributed by atoms with van der Waals surface area (Å²) < 4.78 is 0. The molecule has 8 aromatic carbocycles. The molecule has 0 atom stereocenters. The molecular weight excluding hydrogens is 653 g/mol. The van der Waals surface area contributed by atoms with Gasteiger partial charge in [-0.2, -0.15) is 0 Å². The first-order chi connectivity index (χ1) is 24.6. The number of carbonyl (C=O) groups excluding carboxylic acids is 2. The summed E-state index contributed by atoms with van der Waals surface area (Å²) in [6.45, 7) is 1.31. The first kappa shape index (κ1) is 32.7. The lowest BCUT2D eigenvalue weighted by Crippen LogP contribution is -2.26. The highest BCUT2D eigenvalue weighted by Crippen LogP contribution is 2.37. The monoisotopic (exact) mass is 692 g/mol. The van der Waals surface area contributed by atoms with E-state index in [0.717, 1.165) is 37.2 Å². The van der Waals surface area contributed by atoms with Crippen LogP contribution in [-0.2, 0) is 22.4 Å². The molecule has 250 valence electrons. The molecule has 2 N–H and O–H groups in total. The Morgan fingerprint density at radius 2 is 0.800 bits per heavy atom. The molecule has 0 aromatic heterocycles. The molecule has 50 heavy (non-hydrogen) atoms.